The molecule has 1 amide bonds. The van der Waals surface area contributed by atoms with Gasteiger partial charge in [0.1, 0.15) is 11.5 Å². The van der Waals surface area contributed by atoms with Gasteiger partial charge in [0.25, 0.3) is 11.1 Å². The van der Waals surface area contributed by atoms with Gasteiger partial charge in [-0.2, -0.15) is 0 Å². The van der Waals surface area contributed by atoms with Crippen LogP contribution in [0.1, 0.15) is 20.3 Å². The van der Waals surface area contributed by atoms with Crippen molar-refractivity contribution in [3.63, 3.8) is 0 Å². The Morgan fingerprint density at radius 2 is 2.08 bits per heavy atom. The maximum absolute atomic E-state index is 11.8. The zero-order valence-corrected chi connectivity index (χ0v) is 15.7. The average Bonchev–Trinajstić information content (AvgIpc) is 3.07. The van der Waals surface area contributed by atoms with Gasteiger partial charge < -0.3 is 19.2 Å². The predicted octanol–water partition coefficient (Wildman–Crippen LogP) is 3.01. The van der Waals surface area contributed by atoms with Crippen molar-refractivity contribution in [1.82, 2.24) is 15.5 Å². The van der Waals surface area contributed by atoms with Gasteiger partial charge in [0.05, 0.1) is 25.5 Å². The van der Waals surface area contributed by atoms with Crippen LogP contribution >= 0.6 is 11.8 Å². The number of hydrogen-bond donors (Lipinski definition) is 1. The number of rotatable bonds is 9. The molecule has 0 unspecified atom stereocenters. The van der Waals surface area contributed by atoms with Crippen LogP contribution in [0.25, 0.3) is 11.5 Å². The number of methoxy groups -OCH3 is 2. The van der Waals surface area contributed by atoms with Crippen molar-refractivity contribution in [3.8, 4) is 23.0 Å². The van der Waals surface area contributed by atoms with Gasteiger partial charge in [0.15, 0.2) is 0 Å². The first-order valence-corrected chi connectivity index (χ1v) is 8.97. The molecule has 25 heavy (non-hydrogen) atoms. The van der Waals surface area contributed by atoms with E-state index in [1.54, 1.807) is 32.4 Å². The van der Waals surface area contributed by atoms with Gasteiger partial charge in [-0.15, -0.1) is 10.2 Å². The summed E-state index contributed by atoms with van der Waals surface area (Å²) in [5, 5.41) is 11.2. The lowest BCUT2D eigenvalue weighted by Gasteiger charge is -2.07. The summed E-state index contributed by atoms with van der Waals surface area (Å²) in [6, 6.07) is 5.32. The number of ether oxygens (including phenoxy) is 2. The molecule has 1 aromatic heterocycles. The zero-order chi connectivity index (χ0) is 18.2. The van der Waals surface area contributed by atoms with Gasteiger partial charge in [0, 0.05) is 12.6 Å². The van der Waals surface area contributed by atoms with E-state index in [2.05, 4.69) is 29.4 Å². The van der Waals surface area contributed by atoms with E-state index in [-0.39, 0.29) is 11.7 Å². The number of carbonyl (C=O) groups excluding carboxylic acids is 1. The minimum atomic E-state index is -0.0487. The van der Waals surface area contributed by atoms with Crippen molar-refractivity contribution in [3.05, 3.63) is 18.2 Å². The maximum Gasteiger partial charge on any atom is 0.277 e. The maximum atomic E-state index is 11.8. The molecule has 7 nitrogen and oxygen atoms in total. The first-order valence-electron chi connectivity index (χ1n) is 7.99. The normalized spacial score (nSPS) is 10.8. The molecule has 1 N–H and O–H groups in total. The van der Waals surface area contributed by atoms with Crippen molar-refractivity contribution in [2.45, 2.75) is 25.5 Å². The fraction of sp³-hybridized carbons (Fsp3) is 0.471. The molecular formula is C17H23N3O4S. The van der Waals surface area contributed by atoms with Crippen LogP contribution in [0.2, 0.25) is 0 Å². The van der Waals surface area contributed by atoms with Crippen LogP contribution in [0.5, 0.6) is 11.5 Å². The Morgan fingerprint density at radius 3 is 2.76 bits per heavy atom. The first-order chi connectivity index (χ1) is 12.0. The smallest absolute Gasteiger partial charge is 0.277 e. The number of amides is 1. The Bertz CT molecular complexity index is 703. The Hall–Kier alpha value is -2.22. The molecule has 1 heterocycles. The van der Waals surface area contributed by atoms with Gasteiger partial charge in [-0.3, -0.25) is 4.79 Å². The van der Waals surface area contributed by atoms with Crippen molar-refractivity contribution >= 4 is 17.7 Å². The fourth-order valence-electron chi connectivity index (χ4n) is 2.03. The van der Waals surface area contributed by atoms with Crippen LogP contribution in [-0.2, 0) is 4.79 Å². The molecule has 0 radical (unpaired) electrons. The quantitative estimate of drug-likeness (QED) is 0.684. The molecule has 2 rings (SSSR count). The van der Waals surface area contributed by atoms with Crippen molar-refractivity contribution in [1.29, 1.82) is 0 Å². The van der Waals surface area contributed by atoms with Gasteiger partial charge >= 0.3 is 0 Å². The third-order valence-corrected chi connectivity index (χ3v) is 4.23. The molecule has 0 bridgehead atoms. The topological polar surface area (TPSA) is 86.5 Å². The second-order valence-electron chi connectivity index (χ2n) is 5.76. The first kappa shape index (κ1) is 19.1. The van der Waals surface area contributed by atoms with Crippen LogP contribution in [0.15, 0.2) is 27.8 Å². The lowest BCUT2D eigenvalue weighted by molar-refractivity contribution is -0.118. The average molecular weight is 365 g/mol. The Balaban J connectivity index is 1.95. The highest BCUT2D eigenvalue weighted by Gasteiger charge is 2.15. The van der Waals surface area contributed by atoms with E-state index in [0.29, 0.717) is 40.6 Å². The second kappa shape index (κ2) is 9.31. The van der Waals surface area contributed by atoms with Crippen molar-refractivity contribution in [2.75, 3.05) is 26.5 Å². The molecule has 2 aromatic rings. The standard InChI is InChI=1S/C17H23N3O4S/c1-11(2)7-8-18-15(21)10-25-17-20-19-16(24-17)13-6-5-12(22-3)9-14(13)23-4/h5-6,9,11H,7-8,10H2,1-4H3,(H,18,21). The summed E-state index contributed by atoms with van der Waals surface area (Å²) in [4.78, 5) is 11.8. The Labute approximate surface area is 151 Å². The summed E-state index contributed by atoms with van der Waals surface area (Å²) in [7, 11) is 3.15. The lowest BCUT2D eigenvalue weighted by Crippen LogP contribution is -2.26. The number of aromatic nitrogens is 2. The van der Waals surface area contributed by atoms with E-state index in [0.717, 1.165) is 6.42 Å². The van der Waals surface area contributed by atoms with E-state index >= 15 is 0 Å². The van der Waals surface area contributed by atoms with Crippen LogP contribution in [-0.4, -0.2) is 42.6 Å². The molecule has 8 heteroatoms. The van der Waals surface area contributed by atoms with Gasteiger partial charge in [-0.05, 0) is 24.5 Å². The molecule has 1 aromatic carbocycles. The fourth-order valence-corrected chi connectivity index (χ4v) is 2.62. The highest BCUT2D eigenvalue weighted by atomic mass is 32.2. The largest absolute Gasteiger partial charge is 0.497 e. The minimum Gasteiger partial charge on any atom is -0.497 e. The molecule has 0 aliphatic rings. The summed E-state index contributed by atoms with van der Waals surface area (Å²) < 4.78 is 16.1. The minimum absolute atomic E-state index is 0.0487. The number of thioether (sulfide) groups is 1. The van der Waals surface area contributed by atoms with Crippen molar-refractivity contribution in [2.24, 2.45) is 5.92 Å². The van der Waals surface area contributed by atoms with E-state index in [1.807, 2.05) is 0 Å². The van der Waals surface area contributed by atoms with E-state index in [9.17, 15) is 4.79 Å². The molecule has 0 saturated heterocycles. The number of nitrogens with zero attached hydrogens (tertiary/aromatic N) is 2. The van der Waals surface area contributed by atoms with E-state index in [4.69, 9.17) is 13.9 Å². The second-order valence-corrected chi connectivity index (χ2v) is 6.69. The highest BCUT2D eigenvalue weighted by molar-refractivity contribution is 7.99. The number of benzene rings is 1. The summed E-state index contributed by atoms with van der Waals surface area (Å²) in [6.45, 7) is 4.91. The van der Waals surface area contributed by atoms with Crippen LogP contribution in [0.3, 0.4) is 0 Å². The number of carbonyl (C=O) groups is 1. The third-order valence-electron chi connectivity index (χ3n) is 3.42. The molecule has 136 valence electrons. The summed E-state index contributed by atoms with van der Waals surface area (Å²) in [6.07, 6.45) is 0.957. The van der Waals surface area contributed by atoms with Crippen molar-refractivity contribution < 1.29 is 18.7 Å². The highest BCUT2D eigenvalue weighted by Crippen LogP contribution is 2.33. The van der Waals surface area contributed by atoms with Gasteiger partial charge in [-0.1, -0.05) is 25.6 Å². The zero-order valence-electron chi connectivity index (χ0n) is 14.9. The van der Waals surface area contributed by atoms with Gasteiger partial charge in [-0.25, -0.2) is 0 Å². The summed E-state index contributed by atoms with van der Waals surface area (Å²) in [5.74, 6) is 2.33. The van der Waals surface area contributed by atoms with Crippen LogP contribution < -0.4 is 14.8 Å². The summed E-state index contributed by atoms with van der Waals surface area (Å²) in [5.41, 5.74) is 0.670. The summed E-state index contributed by atoms with van der Waals surface area (Å²) >= 11 is 1.21. The Morgan fingerprint density at radius 1 is 1.28 bits per heavy atom. The van der Waals surface area contributed by atoms with Gasteiger partial charge in [0.2, 0.25) is 5.91 Å². The molecule has 0 spiro atoms. The molecule has 0 fully saturated rings. The molecule has 0 aliphatic heterocycles. The van der Waals surface area contributed by atoms with Crippen LogP contribution in [0, 0.1) is 5.92 Å². The predicted molar refractivity (Wildman–Crippen MR) is 96.0 cm³/mol. The van der Waals surface area contributed by atoms with E-state index < -0.39 is 0 Å². The monoisotopic (exact) mass is 365 g/mol. The third kappa shape index (κ3) is 5.67. The van der Waals surface area contributed by atoms with Crippen LogP contribution in [0.4, 0.5) is 0 Å². The number of nitrogens with one attached hydrogen (secondary N) is 1. The molecule has 0 aliphatic carbocycles. The lowest BCUT2D eigenvalue weighted by atomic mass is 10.1. The molecule has 0 saturated carbocycles. The molecule has 0 atom stereocenters. The molecular weight excluding hydrogens is 342 g/mol. The number of hydrogen-bond acceptors (Lipinski definition) is 7. The Kier molecular flexibility index (Phi) is 7.12. The SMILES string of the molecule is COc1ccc(-c2nnc(SCC(=O)NCCC(C)C)o2)c(OC)c1. The van der Waals surface area contributed by atoms with E-state index in [1.165, 1.54) is 11.8 Å².